The van der Waals surface area contributed by atoms with Gasteiger partial charge in [-0.3, -0.25) is 0 Å². The summed E-state index contributed by atoms with van der Waals surface area (Å²) < 4.78 is 6.57. The van der Waals surface area contributed by atoms with Crippen molar-refractivity contribution in [2.24, 2.45) is 0 Å². The molecule has 0 spiro atoms. The molecule has 2 atom stereocenters. The molecule has 2 aromatic carbocycles. The number of ether oxygens (including phenoxy) is 1. The quantitative estimate of drug-likeness (QED) is 0.339. The number of hydrogen-bond donors (Lipinski definition) is 2. The van der Waals surface area contributed by atoms with Gasteiger partial charge in [0.25, 0.3) is 0 Å². The first-order valence-electron chi connectivity index (χ1n) is 11.2. The van der Waals surface area contributed by atoms with E-state index in [1.54, 1.807) is 0 Å². The van der Waals surface area contributed by atoms with E-state index in [-0.39, 0.29) is 18.1 Å². The first kappa shape index (κ1) is 21.3. The Labute approximate surface area is 197 Å². The molecule has 5 nitrogen and oxygen atoms in total. The number of H-pyrrole nitrogens is 1. The fraction of sp³-hybridized carbons (Fsp3) is 0.385. The zero-order chi connectivity index (χ0) is 22.5. The number of benzene rings is 2. The Hall–Kier alpha value is -2.60. The summed E-state index contributed by atoms with van der Waals surface area (Å²) in [6, 6.07) is 13.2. The first-order chi connectivity index (χ1) is 15.3. The molecule has 0 saturated heterocycles. The lowest BCUT2D eigenvalue weighted by Gasteiger charge is -2.24. The SMILES string of the molecule is CC(C)(C)OC(=O)N[C@H]1CCC[C@@H]1c1ncc(-c2ccc3c(c2)Cc2cc(Br)ccc2-3)[nH]1. The van der Waals surface area contributed by atoms with Crippen molar-refractivity contribution in [3.8, 4) is 22.4 Å². The standard InChI is InChI=1S/C26H28BrN3O2/c1-26(2,3)32-25(31)30-22-6-4-5-21(22)24-28-14-23(29-24)15-7-9-19-16(11-15)12-17-13-18(27)8-10-20(17)19/h7-11,13-14,21-22H,4-6,12H2,1-3H3,(H,28,29)(H,30,31)/t21-,22-/m0/s1. The van der Waals surface area contributed by atoms with Crippen LogP contribution in [0.5, 0.6) is 0 Å². The van der Waals surface area contributed by atoms with Crippen molar-refractivity contribution in [3.63, 3.8) is 0 Å². The van der Waals surface area contributed by atoms with Crippen LogP contribution in [-0.4, -0.2) is 27.7 Å². The largest absolute Gasteiger partial charge is 0.444 e. The van der Waals surface area contributed by atoms with Crippen molar-refractivity contribution in [3.05, 3.63) is 64.0 Å². The van der Waals surface area contributed by atoms with Gasteiger partial charge in [0.15, 0.2) is 0 Å². The van der Waals surface area contributed by atoms with Gasteiger partial charge < -0.3 is 15.0 Å². The molecule has 6 heteroatoms. The molecule has 0 aliphatic heterocycles. The molecule has 2 aliphatic carbocycles. The van der Waals surface area contributed by atoms with Crippen molar-refractivity contribution < 1.29 is 9.53 Å². The van der Waals surface area contributed by atoms with Gasteiger partial charge in [0.2, 0.25) is 0 Å². The van der Waals surface area contributed by atoms with E-state index in [9.17, 15) is 4.79 Å². The van der Waals surface area contributed by atoms with E-state index in [0.717, 1.165) is 47.2 Å². The van der Waals surface area contributed by atoms with Gasteiger partial charge >= 0.3 is 6.09 Å². The molecule has 3 aromatic rings. The van der Waals surface area contributed by atoms with E-state index < -0.39 is 5.60 Å². The second-order valence-electron chi connectivity index (χ2n) is 9.82. The van der Waals surface area contributed by atoms with Crippen molar-refractivity contribution in [1.29, 1.82) is 0 Å². The molecular weight excluding hydrogens is 466 g/mol. The minimum Gasteiger partial charge on any atom is -0.444 e. The highest BCUT2D eigenvalue weighted by atomic mass is 79.9. The van der Waals surface area contributed by atoms with Crippen LogP contribution in [0.4, 0.5) is 4.79 Å². The molecule has 0 radical (unpaired) electrons. The minimum atomic E-state index is -0.501. The summed E-state index contributed by atoms with van der Waals surface area (Å²) in [5.41, 5.74) is 7.00. The Balaban J connectivity index is 1.34. The predicted octanol–water partition coefficient (Wildman–Crippen LogP) is 6.57. The average molecular weight is 494 g/mol. The smallest absolute Gasteiger partial charge is 0.407 e. The lowest BCUT2D eigenvalue weighted by Crippen LogP contribution is -2.40. The Kier molecular flexibility index (Phi) is 5.36. The highest BCUT2D eigenvalue weighted by Gasteiger charge is 2.33. The number of amides is 1. The third-order valence-corrected chi connectivity index (χ3v) is 6.81. The molecule has 5 rings (SSSR count). The van der Waals surface area contributed by atoms with Gasteiger partial charge in [-0.15, -0.1) is 0 Å². The van der Waals surface area contributed by atoms with Crippen molar-refractivity contribution >= 4 is 22.0 Å². The Bertz CT molecular complexity index is 1180. The molecule has 32 heavy (non-hydrogen) atoms. The van der Waals surface area contributed by atoms with Crippen LogP contribution in [0.2, 0.25) is 0 Å². The molecule has 2 N–H and O–H groups in total. The molecule has 166 valence electrons. The summed E-state index contributed by atoms with van der Waals surface area (Å²) in [6.07, 6.45) is 5.51. The number of halogens is 1. The van der Waals surface area contributed by atoms with Crippen LogP contribution in [0.3, 0.4) is 0 Å². The molecule has 1 fully saturated rings. The van der Waals surface area contributed by atoms with Crippen molar-refractivity contribution in [2.75, 3.05) is 0 Å². The van der Waals surface area contributed by atoms with Crippen molar-refractivity contribution in [2.45, 2.75) is 64.0 Å². The zero-order valence-electron chi connectivity index (χ0n) is 18.7. The average Bonchev–Trinajstić information content (AvgIpc) is 3.43. The number of imidazole rings is 1. The van der Waals surface area contributed by atoms with E-state index in [1.807, 2.05) is 27.0 Å². The second kappa shape index (κ2) is 8.07. The molecule has 2 aliphatic rings. The number of nitrogens with zero attached hydrogens (tertiary/aromatic N) is 1. The van der Waals surface area contributed by atoms with Crippen LogP contribution in [0.1, 0.15) is 62.9 Å². The lowest BCUT2D eigenvalue weighted by molar-refractivity contribution is 0.0500. The van der Waals surface area contributed by atoms with Gasteiger partial charge in [-0.25, -0.2) is 9.78 Å². The van der Waals surface area contributed by atoms with Crippen LogP contribution in [0.25, 0.3) is 22.4 Å². The van der Waals surface area contributed by atoms with Crippen LogP contribution < -0.4 is 5.32 Å². The summed E-state index contributed by atoms with van der Waals surface area (Å²) in [7, 11) is 0. The van der Waals surface area contributed by atoms with Gasteiger partial charge in [0.05, 0.1) is 11.9 Å². The highest BCUT2D eigenvalue weighted by molar-refractivity contribution is 9.10. The summed E-state index contributed by atoms with van der Waals surface area (Å²) in [4.78, 5) is 20.5. The van der Waals surface area contributed by atoms with E-state index in [1.165, 1.54) is 22.3 Å². The third kappa shape index (κ3) is 4.20. The number of alkyl carbamates (subject to hydrolysis) is 1. The Morgan fingerprint density at radius 1 is 1.12 bits per heavy atom. The number of carbonyl (C=O) groups excluding carboxylic acids is 1. The van der Waals surface area contributed by atoms with E-state index in [4.69, 9.17) is 9.72 Å². The molecular formula is C26H28BrN3O2. The van der Waals surface area contributed by atoms with Crippen LogP contribution in [0, 0.1) is 0 Å². The molecule has 0 bridgehead atoms. The lowest BCUT2D eigenvalue weighted by atomic mass is 10.0. The van der Waals surface area contributed by atoms with E-state index in [2.05, 4.69) is 62.6 Å². The van der Waals surface area contributed by atoms with Gasteiger partial charge in [-0.05, 0) is 86.1 Å². The first-order valence-corrected chi connectivity index (χ1v) is 12.0. The van der Waals surface area contributed by atoms with Gasteiger partial charge in [0, 0.05) is 16.4 Å². The van der Waals surface area contributed by atoms with Crippen LogP contribution in [-0.2, 0) is 11.2 Å². The number of carbonyl (C=O) groups is 1. The Morgan fingerprint density at radius 3 is 2.66 bits per heavy atom. The zero-order valence-corrected chi connectivity index (χ0v) is 20.3. The number of fused-ring (bicyclic) bond motifs is 3. The molecule has 1 aromatic heterocycles. The number of nitrogens with one attached hydrogen (secondary N) is 2. The summed E-state index contributed by atoms with van der Waals surface area (Å²) >= 11 is 3.58. The van der Waals surface area contributed by atoms with Gasteiger partial charge in [-0.2, -0.15) is 0 Å². The summed E-state index contributed by atoms with van der Waals surface area (Å²) in [5.74, 6) is 1.11. The number of rotatable bonds is 3. The molecule has 1 amide bonds. The van der Waals surface area contributed by atoms with E-state index >= 15 is 0 Å². The van der Waals surface area contributed by atoms with Gasteiger partial charge in [-0.1, -0.05) is 40.5 Å². The van der Waals surface area contributed by atoms with Crippen LogP contribution in [0.15, 0.2) is 47.1 Å². The van der Waals surface area contributed by atoms with Crippen LogP contribution >= 0.6 is 15.9 Å². The van der Waals surface area contributed by atoms with Crippen molar-refractivity contribution in [1.82, 2.24) is 15.3 Å². The second-order valence-corrected chi connectivity index (χ2v) is 10.7. The predicted molar refractivity (Wildman–Crippen MR) is 130 cm³/mol. The maximum atomic E-state index is 12.3. The molecule has 1 saturated carbocycles. The number of hydrogen-bond acceptors (Lipinski definition) is 3. The maximum Gasteiger partial charge on any atom is 0.407 e. The minimum absolute atomic E-state index is 0.0387. The summed E-state index contributed by atoms with van der Waals surface area (Å²) in [5, 5.41) is 3.06. The topological polar surface area (TPSA) is 67.0 Å². The maximum absolute atomic E-state index is 12.3. The fourth-order valence-electron chi connectivity index (χ4n) is 4.94. The fourth-order valence-corrected chi connectivity index (χ4v) is 5.35. The number of aromatic nitrogens is 2. The highest BCUT2D eigenvalue weighted by Crippen LogP contribution is 2.40. The van der Waals surface area contributed by atoms with E-state index in [0.29, 0.717) is 0 Å². The molecule has 1 heterocycles. The van der Waals surface area contributed by atoms with Gasteiger partial charge in [0.1, 0.15) is 11.4 Å². The number of aromatic amines is 1. The Morgan fingerprint density at radius 2 is 1.88 bits per heavy atom. The third-order valence-electron chi connectivity index (χ3n) is 6.32. The monoisotopic (exact) mass is 493 g/mol. The molecule has 0 unspecified atom stereocenters. The summed E-state index contributed by atoms with van der Waals surface area (Å²) in [6.45, 7) is 5.64. The normalized spacial score (nSPS) is 19.5.